The second-order valence-corrected chi connectivity index (χ2v) is 7.40. The highest BCUT2D eigenvalue weighted by Crippen LogP contribution is 2.44. The van der Waals surface area contributed by atoms with Crippen LogP contribution in [0.3, 0.4) is 0 Å². The van der Waals surface area contributed by atoms with E-state index in [9.17, 15) is 5.11 Å². The number of benzene rings is 2. The summed E-state index contributed by atoms with van der Waals surface area (Å²) in [6.45, 7) is 0. The molecule has 0 atom stereocenters. The quantitative estimate of drug-likeness (QED) is 0.441. The molecule has 0 aliphatic carbocycles. The minimum absolute atomic E-state index is 0.142. The molecule has 0 radical (unpaired) electrons. The number of rotatable bonds is 4. The minimum Gasteiger partial charge on any atom is -0.495 e. The van der Waals surface area contributed by atoms with Crippen molar-refractivity contribution in [2.45, 2.75) is 0 Å². The van der Waals surface area contributed by atoms with Gasteiger partial charge in [0.25, 0.3) is 0 Å². The first-order chi connectivity index (χ1) is 15.1. The van der Waals surface area contributed by atoms with Gasteiger partial charge in [0.15, 0.2) is 5.82 Å². The molecule has 154 valence electrons. The minimum atomic E-state index is -0.142. The number of hydrogen-bond donors (Lipinski definition) is 1. The van der Waals surface area contributed by atoms with Gasteiger partial charge in [0.05, 0.1) is 12.1 Å². The normalized spacial score (nSPS) is 11.2. The van der Waals surface area contributed by atoms with Crippen molar-refractivity contribution in [2.24, 2.45) is 7.05 Å². The molecule has 5 rings (SSSR count). The molecule has 31 heavy (non-hydrogen) atoms. The molecular weight excluding hydrogens is 414 g/mol. The summed E-state index contributed by atoms with van der Waals surface area (Å²) in [5, 5.41) is 16.1. The fourth-order valence-corrected chi connectivity index (χ4v) is 4.02. The Morgan fingerprint density at radius 2 is 1.84 bits per heavy atom. The van der Waals surface area contributed by atoms with Crippen molar-refractivity contribution in [1.82, 2.24) is 24.1 Å². The number of aromatic nitrogens is 5. The van der Waals surface area contributed by atoms with Crippen LogP contribution >= 0.6 is 11.6 Å². The van der Waals surface area contributed by atoms with Crippen molar-refractivity contribution in [3.63, 3.8) is 0 Å². The number of methoxy groups -OCH3 is 1. The maximum Gasteiger partial charge on any atom is 0.240 e. The predicted octanol–water partition coefficient (Wildman–Crippen LogP) is 4.83. The summed E-state index contributed by atoms with van der Waals surface area (Å²) < 4.78 is 8.82. The lowest BCUT2D eigenvalue weighted by molar-refractivity contribution is 0.415. The number of imidazole rings is 1. The number of hydrogen-bond acceptors (Lipinski definition) is 5. The molecule has 2 aromatic carbocycles. The summed E-state index contributed by atoms with van der Waals surface area (Å²) in [5.74, 6) is 1.29. The summed E-state index contributed by atoms with van der Waals surface area (Å²) >= 11 is 6.66. The highest BCUT2D eigenvalue weighted by atomic mass is 35.5. The van der Waals surface area contributed by atoms with E-state index in [1.165, 1.54) is 0 Å². The van der Waals surface area contributed by atoms with E-state index < -0.39 is 0 Å². The van der Waals surface area contributed by atoms with Crippen LogP contribution < -0.4 is 4.74 Å². The van der Waals surface area contributed by atoms with Gasteiger partial charge in [-0.3, -0.25) is 0 Å². The van der Waals surface area contributed by atoms with Gasteiger partial charge in [-0.2, -0.15) is 4.98 Å². The molecule has 0 bridgehead atoms. The Hall–Kier alpha value is -3.84. The molecule has 5 aromatic rings. The Bertz CT molecular complexity index is 1410. The van der Waals surface area contributed by atoms with Crippen molar-refractivity contribution in [2.75, 3.05) is 7.11 Å². The van der Waals surface area contributed by atoms with Gasteiger partial charge in [0.1, 0.15) is 11.3 Å². The maximum atomic E-state index is 10.9. The fraction of sp³-hybridized carbons (Fsp3) is 0.0870. The molecule has 0 fully saturated rings. The van der Waals surface area contributed by atoms with Crippen molar-refractivity contribution in [1.29, 1.82) is 0 Å². The number of fused-ring (bicyclic) bond motifs is 1. The molecule has 0 amide bonds. The lowest BCUT2D eigenvalue weighted by Gasteiger charge is -2.10. The molecule has 3 heterocycles. The summed E-state index contributed by atoms with van der Waals surface area (Å²) in [6, 6.07) is 15.4. The molecule has 1 N–H and O–H groups in total. The number of aryl methyl sites for hydroxylation is 1. The Kier molecular flexibility index (Phi) is 4.60. The van der Waals surface area contributed by atoms with Gasteiger partial charge in [0.2, 0.25) is 11.7 Å². The van der Waals surface area contributed by atoms with Gasteiger partial charge in [-0.1, -0.05) is 54.1 Å². The van der Waals surface area contributed by atoms with Crippen LogP contribution in [-0.2, 0) is 7.05 Å². The van der Waals surface area contributed by atoms with E-state index in [-0.39, 0.29) is 5.88 Å². The third kappa shape index (κ3) is 3.10. The van der Waals surface area contributed by atoms with Crippen LogP contribution in [0.5, 0.6) is 11.6 Å². The summed E-state index contributed by atoms with van der Waals surface area (Å²) in [4.78, 5) is 8.63. The molecular formula is C23H18ClN5O2. The highest BCUT2D eigenvalue weighted by molar-refractivity contribution is 6.35. The van der Waals surface area contributed by atoms with Gasteiger partial charge in [-0.15, -0.1) is 5.10 Å². The van der Waals surface area contributed by atoms with Crippen LogP contribution in [0.1, 0.15) is 0 Å². The first-order valence-electron chi connectivity index (χ1n) is 9.57. The Morgan fingerprint density at radius 1 is 1.03 bits per heavy atom. The average molecular weight is 432 g/mol. The molecule has 3 aromatic heterocycles. The monoisotopic (exact) mass is 431 g/mol. The fourth-order valence-electron chi connectivity index (χ4n) is 3.72. The van der Waals surface area contributed by atoms with Crippen LogP contribution in [0, 0.1) is 0 Å². The van der Waals surface area contributed by atoms with E-state index in [4.69, 9.17) is 16.3 Å². The third-order valence-corrected chi connectivity index (χ3v) is 5.56. The van der Waals surface area contributed by atoms with Crippen molar-refractivity contribution in [3.8, 4) is 45.5 Å². The van der Waals surface area contributed by atoms with Gasteiger partial charge in [-0.05, 0) is 11.6 Å². The zero-order chi connectivity index (χ0) is 21.5. The van der Waals surface area contributed by atoms with Crippen molar-refractivity contribution in [3.05, 3.63) is 72.1 Å². The van der Waals surface area contributed by atoms with E-state index >= 15 is 0 Å². The second kappa shape index (κ2) is 7.45. The van der Waals surface area contributed by atoms with E-state index in [1.54, 1.807) is 34.7 Å². The lowest BCUT2D eigenvalue weighted by atomic mass is 9.97. The van der Waals surface area contributed by atoms with E-state index in [1.807, 2.05) is 55.7 Å². The first kappa shape index (κ1) is 19.1. The van der Waals surface area contributed by atoms with E-state index in [0.717, 1.165) is 22.3 Å². The van der Waals surface area contributed by atoms with Crippen LogP contribution in [0.25, 0.3) is 39.4 Å². The zero-order valence-corrected chi connectivity index (χ0v) is 17.6. The van der Waals surface area contributed by atoms with E-state index in [2.05, 4.69) is 15.1 Å². The van der Waals surface area contributed by atoms with Crippen LogP contribution in [0.15, 0.2) is 67.1 Å². The number of aromatic hydroxyl groups is 1. The van der Waals surface area contributed by atoms with Crippen molar-refractivity contribution >= 4 is 17.1 Å². The smallest absolute Gasteiger partial charge is 0.240 e. The van der Waals surface area contributed by atoms with Gasteiger partial charge in [-0.25, -0.2) is 9.50 Å². The molecule has 0 spiro atoms. The maximum absolute atomic E-state index is 10.9. The third-order valence-electron chi connectivity index (χ3n) is 5.17. The van der Waals surface area contributed by atoms with Gasteiger partial charge in [0, 0.05) is 42.3 Å². The number of nitrogens with zero attached hydrogens (tertiary/aromatic N) is 5. The molecule has 8 heteroatoms. The number of halogens is 1. The Labute approximate surface area is 183 Å². The number of ether oxygens (including phenoxy) is 1. The van der Waals surface area contributed by atoms with Crippen molar-refractivity contribution < 1.29 is 9.84 Å². The van der Waals surface area contributed by atoms with Crippen LogP contribution in [0.4, 0.5) is 0 Å². The molecule has 0 saturated carbocycles. The van der Waals surface area contributed by atoms with Crippen LogP contribution in [0.2, 0.25) is 5.02 Å². The van der Waals surface area contributed by atoms with E-state index in [0.29, 0.717) is 27.9 Å². The summed E-state index contributed by atoms with van der Waals surface area (Å²) in [6.07, 6.45) is 5.30. The highest BCUT2D eigenvalue weighted by Gasteiger charge is 2.23. The Balaban J connectivity index is 1.85. The SMILES string of the molecule is COc1cccc(-c2cn3nc(-c4nccn4C)nc(O)c3c2-c2ccccc2)c1Cl. The predicted molar refractivity (Wildman–Crippen MR) is 119 cm³/mol. The summed E-state index contributed by atoms with van der Waals surface area (Å²) in [5.41, 5.74) is 3.74. The molecule has 0 saturated heterocycles. The molecule has 0 aliphatic heterocycles. The van der Waals surface area contributed by atoms with Gasteiger partial charge >= 0.3 is 0 Å². The van der Waals surface area contributed by atoms with Crippen LogP contribution in [-0.4, -0.2) is 36.4 Å². The molecule has 0 unspecified atom stereocenters. The average Bonchev–Trinajstić information content (AvgIpc) is 3.38. The zero-order valence-electron chi connectivity index (χ0n) is 16.8. The Morgan fingerprint density at radius 3 is 2.55 bits per heavy atom. The topological polar surface area (TPSA) is 77.5 Å². The largest absolute Gasteiger partial charge is 0.495 e. The first-order valence-corrected chi connectivity index (χ1v) is 9.94. The van der Waals surface area contributed by atoms with Gasteiger partial charge < -0.3 is 14.4 Å². The second-order valence-electron chi connectivity index (χ2n) is 7.02. The summed E-state index contributed by atoms with van der Waals surface area (Å²) in [7, 11) is 3.43. The lowest BCUT2D eigenvalue weighted by Crippen LogP contribution is -2.02. The molecule has 7 nitrogen and oxygen atoms in total. The standard InChI is InChI=1S/C23H18ClN5O2/c1-28-12-11-25-22(28)21-26-23(30)20-18(14-7-4-3-5-8-14)16(13-29(20)27-21)15-9-6-10-17(31-2)19(15)24/h3-13H,1-2H3,(H,26,27,30). The molecule has 0 aliphatic rings.